The van der Waals surface area contributed by atoms with E-state index in [-0.39, 0.29) is 18.6 Å². The molecule has 1 amide bonds. The Morgan fingerprint density at radius 1 is 1.04 bits per heavy atom. The second-order valence-electron chi connectivity index (χ2n) is 7.39. The van der Waals surface area contributed by atoms with Gasteiger partial charge in [-0.15, -0.1) is 0 Å². The van der Waals surface area contributed by atoms with Gasteiger partial charge in [-0.2, -0.15) is 0 Å². The lowest BCUT2D eigenvalue weighted by Gasteiger charge is -2.35. The van der Waals surface area contributed by atoms with E-state index in [2.05, 4.69) is 48.3 Å². The molecule has 1 saturated heterocycles. The summed E-state index contributed by atoms with van der Waals surface area (Å²) in [6.07, 6.45) is 0. The van der Waals surface area contributed by atoms with E-state index >= 15 is 0 Å². The third-order valence-corrected chi connectivity index (χ3v) is 5.08. The largest absolute Gasteiger partial charge is 0.484 e. The first-order chi connectivity index (χ1) is 13.6. The molecule has 1 fully saturated rings. The fourth-order valence-corrected chi connectivity index (χ4v) is 3.38. The Bertz CT molecular complexity index is 725. The van der Waals surface area contributed by atoms with Crippen molar-refractivity contribution >= 4 is 5.91 Å². The number of ether oxygens (including phenoxy) is 2. The topological polar surface area (TPSA) is 50.8 Å². The highest BCUT2D eigenvalue weighted by Gasteiger charge is 2.23. The third kappa shape index (κ3) is 5.81. The van der Waals surface area contributed by atoms with Crippen molar-refractivity contribution in [1.29, 1.82) is 0 Å². The van der Waals surface area contributed by atoms with Crippen molar-refractivity contribution in [2.24, 2.45) is 0 Å². The Morgan fingerprint density at radius 3 is 2.32 bits per heavy atom. The average Bonchev–Trinajstić information content (AvgIpc) is 2.74. The standard InChI is InChI=1S/C23H30N2O3/c1-18(2)19-8-10-20(11-9-19)22(25-12-14-27-15-13-25)16-24-23(26)17-28-21-6-4-3-5-7-21/h3-11,18,22H,12-17H2,1-2H3,(H,24,26)/t22-/m0/s1. The van der Waals surface area contributed by atoms with E-state index in [9.17, 15) is 4.79 Å². The lowest BCUT2D eigenvalue weighted by molar-refractivity contribution is -0.123. The van der Waals surface area contributed by atoms with Crippen molar-refractivity contribution in [2.75, 3.05) is 39.5 Å². The van der Waals surface area contributed by atoms with E-state index in [4.69, 9.17) is 9.47 Å². The summed E-state index contributed by atoms with van der Waals surface area (Å²) in [5.74, 6) is 1.10. The number of hydrogen-bond donors (Lipinski definition) is 1. The summed E-state index contributed by atoms with van der Waals surface area (Å²) < 4.78 is 11.0. The number of rotatable bonds is 8. The number of benzene rings is 2. The molecule has 0 aromatic heterocycles. The van der Waals surface area contributed by atoms with Gasteiger partial charge in [0.25, 0.3) is 5.91 Å². The highest BCUT2D eigenvalue weighted by atomic mass is 16.5. The van der Waals surface area contributed by atoms with Gasteiger partial charge in [0, 0.05) is 19.6 Å². The molecule has 1 atom stereocenters. The van der Waals surface area contributed by atoms with Crippen molar-refractivity contribution in [3.8, 4) is 5.75 Å². The number of carbonyl (C=O) groups excluding carboxylic acids is 1. The summed E-state index contributed by atoms with van der Waals surface area (Å²) in [6, 6.07) is 18.3. The van der Waals surface area contributed by atoms with Crippen molar-refractivity contribution in [3.05, 3.63) is 65.7 Å². The molecule has 150 valence electrons. The zero-order valence-corrected chi connectivity index (χ0v) is 16.8. The minimum Gasteiger partial charge on any atom is -0.484 e. The Kier molecular flexibility index (Phi) is 7.46. The maximum absolute atomic E-state index is 12.3. The number of nitrogens with zero attached hydrogens (tertiary/aromatic N) is 1. The maximum atomic E-state index is 12.3. The molecule has 2 aromatic rings. The Morgan fingerprint density at radius 2 is 1.68 bits per heavy atom. The normalized spacial score (nSPS) is 16.0. The molecular weight excluding hydrogens is 352 g/mol. The van der Waals surface area contributed by atoms with Gasteiger partial charge in [-0.1, -0.05) is 56.3 Å². The van der Waals surface area contributed by atoms with Crippen LogP contribution >= 0.6 is 0 Å². The molecule has 5 nitrogen and oxygen atoms in total. The first-order valence-electron chi connectivity index (χ1n) is 9.99. The number of para-hydroxylation sites is 1. The van der Waals surface area contributed by atoms with Crippen molar-refractivity contribution < 1.29 is 14.3 Å². The van der Waals surface area contributed by atoms with Gasteiger partial charge in [0.05, 0.1) is 19.3 Å². The van der Waals surface area contributed by atoms with Crippen LogP contribution in [-0.4, -0.2) is 50.3 Å². The monoisotopic (exact) mass is 382 g/mol. The van der Waals surface area contributed by atoms with Gasteiger partial charge in [0.2, 0.25) is 0 Å². The molecule has 1 aliphatic rings. The number of carbonyl (C=O) groups is 1. The molecule has 1 N–H and O–H groups in total. The molecule has 0 unspecified atom stereocenters. The third-order valence-electron chi connectivity index (χ3n) is 5.08. The fourth-order valence-electron chi connectivity index (χ4n) is 3.38. The van der Waals surface area contributed by atoms with Gasteiger partial charge in [-0.3, -0.25) is 9.69 Å². The van der Waals surface area contributed by atoms with Crippen LogP contribution in [0.25, 0.3) is 0 Å². The lowest BCUT2D eigenvalue weighted by Crippen LogP contribution is -2.44. The summed E-state index contributed by atoms with van der Waals surface area (Å²) in [6.45, 7) is 8.16. The molecule has 0 radical (unpaired) electrons. The maximum Gasteiger partial charge on any atom is 0.258 e. The first-order valence-corrected chi connectivity index (χ1v) is 9.99. The van der Waals surface area contributed by atoms with Crippen LogP contribution in [0.1, 0.15) is 36.9 Å². The van der Waals surface area contributed by atoms with Crippen LogP contribution in [0.15, 0.2) is 54.6 Å². The number of morpholine rings is 1. The zero-order valence-electron chi connectivity index (χ0n) is 16.8. The smallest absolute Gasteiger partial charge is 0.258 e. The summed E-state index contributed by atoms with van der Waals surface area (Å²) in [5.41, 5.74) is 2.54. The summed E-state index contributed by atoms with van der Waals surface area (Å²) in [4.78, 5) is 14.7. The summed E-state index contributed by atoms with van der Waals surface area (Å²) in [7, 11) is 0. The van der Waals surface area contributed by atoms with E-state index in [1.165, 1.54) is 11.1 Å². The van der Waals surface area contributed by atoms with E-state index < -0.39 is 0 Å². The SMILES string of the molecule is CC(C)c1ccc([C@H](CNC(=O)COc2ccccc2)N2CCOCC2)cc1. The minimum atomic E-state index is -0.110. The number of nitrogens with one attached hydrogen (secondary N) is 1. The Labute approximate surface area is 167 Å². The molecule has 1 heterocycles. The highest BCUT2D eigenvalue weighted by Crippen LogP contribution is 2.24. The van der Waals surface area contributed by atoms with E-state index in [1.54, 1.807) is 0 Å². The molecule has 28 heavy (non-hydrogen) atoms. The molecule has 0 spiro atoms. The van der Waals surface area contributed by atoms with Crippen LogP contribution in [0.5, 0.6) is 5.75 Å². The lowest BCUT2D eigenvalue weighted by atomic mass is 9.98. The predicted molar refractivity (Wildman–Crippen MR) is 111 cm³/mol. The van der Waals surface area contributed by atoms with E-state index in [0.717, 1.165) is 26.3 Å². The van der Waals surface area contributed by atoms with Crippen molar-refractivity contribution in [2.45, 2.75) is 25.8 Å². The minimum absolute atomic E-state index is 0.0200. The van der Waals surface area contributed by atoms with Gasteiger partial charge >= 0.3 is 0 Å². The molecule has 5 heteroatoms. The summed E-state index contributed by atoms with van der Waals surface area (Å²) >= 11 is 0. The molecule has 2 aromatic carbocycles. The van der Waals surface area contributed by atoms with Crippen LogP contribution in [0.4, 0.5) is 0 Å². The molecule has 0 saturated carbocycles. The molecule has 0 aliphatic carbocycles. The Hall–Kier alpha value is -2.37. The van der Waals surface area contributed by atoms with Crippen molar-refractivity contribution in [1.82, 2.24) is 10.2 Å². The summed E-state index contributed by atoms with van der Waals surface area (Å²) in [5, 5.41) is 3.04. The molecule has 1 aliphatic heterocycles. The number of hydrogen-bond acceptors (Lipinski definition) is 4. The van der Waals surface area contributed by atoms with Crippen LogP contribution in [0.3, 0.4) is 0 Å². The quantitative estimate of drug-likeness (QED) is 0.760. The Balaban J connectivity index is 1.61. The fraction of sp³-hybridized carbons (Fsp3) is 0.435. The van der Waals surface area contributed by atoms with Crippen LogP contribution in [0.2, 0.25) is 0 Å². The molecular formula is C23H30N2O3. The average molecular weight is 383 g/mol. The van der Waals surface area contributed by atoms with Gasteiger partial charge in [-0.05, 0) is 29.2 Å². The van der Waals surface area contributed by atoms with Crippen LogP contribution < -0.4 is 10.1 Å². The molecule has 3 rings (SSSR count). The highest BCUT2D eigenvalue weighted by molar-refractivity contribution is 5.77. The van der Waals surface area contributed by atoms with Gasteiger partial charge < -0.3 is 14.8 Å². The van der Waals surface area contributed by atoms with Crippen molar-refractivity contribution in [3.63, 3.8) is 0 Å². The van der Waals surface area contributed by atoms with Gasteiger partial charge in [-0.25, -0.2) is 0 Å². The second kappa shape index (κ2) is 10.2. The first kappa shape index (κ1) is 20.4. The van der Waals surface area contributed by atoms with Gasteiger partial charge in [0.15, 0.2) is 6.61 Å². The van der Waals surface area contributed by atoms with Crippen LogP contribution in [-0.2, 0) is 9.53 Å². The number of amides is 1. The molecule has 0 bridgehead atoms. The van der Waals surface area contributed by atoms with Crippen LogP contribution in [0, 0.1) is 0 Å². The van der Waals surface area contributed by atoms with E-state index in [0.29, 0.717) is 18.2 Å². The second-order valence-corrected chi connectivity index (χ2v) is 7.39. The zero-order chi connectivity index (χ0) is 19.8. The van der Waals surface area contributed by atoms with Gasteiger partial charge in [0.1, 0.15) is 5.75 Å². The van der Waals surface area contributed by atoms with E-state index in [1.807, 2.05) is 30.3 Å². The predicted octanol–water partition coefficient (Wildman–Crippen LogP) is 3.38.